The number of pyridine rings is 1. The van der Waals surface area contributed by atoms with Crippen molar-refractivity contribution in [1.82, 2.24) is 24.5 Å². The summed E-state index contributed by atoms with van der Waals surface area (Å²) in [4.78, 5) is 33.5. The molecule has 0 saturated heterocycles. The predicted molar refractivity (Wildman–Crippen MR) is 119 cm³/mol. The number of nitrogen functional groups attached to an aromatic ring is 2. The second-order valence-corrected chi connectivity index (χ2v) is 7.01. The summed E-state index contributed by atoms with van der Waals surface area (Å²) >= 11 is 6.30. The number of rotatable bonds is 4. The van der Waals surface area contributed by atoms with Crippen LogP contribution in [0.25, 0.3) is 21.4 Å². The lowest BCUT2D eigenvalue weighted by Gasteiger charge is -2.21. The summed E-state index contributed by atoms with van der Waals surface area (Å²) in [6.45, 7) is 9.15. The van der Waals surface area contributed by atoms with Crippen molar-refractivity contribution in [2.24, 2.45) is 0 Å². The van der Waals surface area contributed by atoms with E-state index in [2.05, 4.69) is 30.1 Å². The molecule has 0 aliphatic heterocycles. The minimum absolute atomic E-state index is 0.0279. The average molecular weight is 434 g/mol. The van der Waals surface area contributed by atoms with Crippen molar-refractivity contribution < 1.29 is 0 Å². The Hall–Kier alpha value is -4.23. The number of nitrogens with zero attached hydrogens (tertiary/aromatic N) is 6. The van der Waals surface area contributed by atoms with Crippen LogP contribution in [-0.2, 0) is 0 Å². The molecule has 0 spiro atoms. The first kappa shape index (κ1) is 20.1. The molecule has 0 amide bonds. The molecule has 3 aromatic heterocycles. The van der Waals surface area contributed by atoms with Gasteiger partial charge in [-0.2, -0.15) is 0 Å². The quantitative estimate of drug-likeness (QED) is 0.416. The number of anilines is 3. The van der Waals surface area contributed by atoms with E-state index in [9.17, 15) is 4.79 Å². The van der Waals surface area contributed by atoms with Crippen molar-refractivity contribution in [2.75, 3.05) is 16.8 Å². The van der Waals surface area contributed by atoms with Crippen LogP contribution in [0.4, 0.5) is 23.3 Å². The van der Waals surface area contributed by atoms with Gasteiger partial charge in [-0.25, -0.2) is 19.8 Å². The van der Waals surface area contributed by atoms with E-state index in [1.165, 1.54) is 4.57 Å². The van der Waals surface area contributed by atoms with Crippen LogP contribution in [0.5, 0.6) is 0 Å². The Morgan fingerprint density at radius 1 is 1.19 bits per heavy atom. The molecule has 0 unspecified atom stereocenters. The SMILES string of the molecule is [C-]#[N+]c1c(N)nc(N)nc1N[C@@H](C)c1nc2cccc(Cl)c2c(=O)n1-c1cccnc1. The number of fused-ring (bicyclic) bond motifs is 1. The summed E-state index contributed by atoms with van der Waals surface area (Å²) < 4.78 is 1.42. The Balaban J connectivity index is 1.94. The van der Waals surface area contributed by atoms with Gasteiger partial charge in [0.1, 0.15) is 17.5 Å². The molecule has 4 aromatic rings. The third-order valence-corrected chi connectivity index (χ3v) is 4.87. The lowest BCUT2D eigenvalue weighted by molar-refractivity contribution is 0.730. The molecule has 154 valence electrons. The monoisotopic (exact) mass is 433 g/mol. The predicted octanol–water partition coefficient (Wildman–Crippen LogP) is 3.11. The van der Waals surface area contributed by atoms with Crippen LogP contribution in [-0.4, -0.2) is 24.5 Å². The van der Waals surface area contributed by atoms with Gasteiger partial charge in [0.15, 0.2) is 0 Å². The number of halogens is 1. The van der Waals surface area contributed by atoms with E-state index in [0.717, 1.165) is 0 Å². The smallest absolute Gasteiger partial charge is 0.268 e. The van der Waals surface area contributed by atoms with Crippen LogP contribution >= 0.6 is 11.6 Å². The molecule has 5 N–H and O–H groups in total. The van der Waals surface area contributed by atoms with Gasteiger partial charge < -0.3 is 16.8 Å². The molecule has 31 heavy (non-hydrogen) atoms. The maximum Gasteiger partial charge on any atom is 0.268 e. The summed E-state index contributed by atoms with van der Waals surface area (Å²) in [6, 6.07) is 7.93. The molecule has 0 saturated carbocycles. The molecule has 1 aromatic carbocycles. The second-order valence-electron chi connectivity index (χ2n) is 6.60. The number of nitrogens with two attached hydrogens (primary N) is 2. The zero-order valence-corrected chi connectivity index (χ0v) is 17.0. The average Bonchev–Trinajstić information content (AvgIpc) is 2.74. The first-order valence-corrected chi connectivity index (χ1v) is 9.47. The van der Waals surface area contributed by atoms with Crippen LogP contribution in [0.15, 0.2) is 47.5 Å². The van der Waals surface area contributed by atoms with Crippen molar-refractivity contribution >= 4 is 45.8 Å². The van der Waals surface area contributed by atoms with Gasteiger partial charge >= 0.3 is 0 Å². The highest BCUT2D eigenvalue weighted by molar-refractivity contribution is 6.35. The molecule has 0 fully saturated rings. The van der Waals surface area contributed by atoms with Gasteiger partial charge in [0.2, 0.25) is 5.95 Å². The normalized spacial score (nSPS) is 11.8. The fraction of sp³-hybridized carbons (Fsp3) is 0.100. The Labute approximate surface area is 181 Å². The van der Waals surface area contributed by atoms with Gasteiger partial charge in [0.25, 0.3) is 11.2 Å². The second kappa shape index (κ2) is 7.89. The minimum Gasteiger partial charge on any atom is -0.392 e. The molecule has 10 nitrogen and oxygen atoms in total. The molecular weight excluding hydrogens is 418 g/mol. The molecule has 1 atom stereocenters. The Morgan fingerprint density at radius 3 is 2.71 bits per heavy atom. The number of aromatic nitrogens is 5. The fourth-order valence-corrected chi connectivity index (χ4v) is 3.45. The van der Waals surface area contributed by atoms with E-state index in [1.54, 1.807) is 49.6 Å². The zero-order chi connectivity index (χ0) is 22.1. The summed E-state index contributed by atoms with van der Waals surface area (Å²) in [5.41, 5.74) is 12.1. The van der Waals surface area contributed by atoms with E-state index in [0.29, 0.717) is 27.4 Å². The summed E-state index contributed by atoms with van der Waals surface area (Å²) in [7, 11) is 0. The summed E-state index contributed by atoms with van der Waals surface area (Å²) in [5, 5.41) is 3.67. The lowest BCUT2D eigenvalue weighted by atomic mass is 10.2. The maximum atomic E-state index is 13.4. The van der Waals surface area contributed by atoms with E-state index in [4.69, 9.17) is 29.6 Å². The van der Waals surface area contributed by atoms with Gasteiger partial charge in [0, 0.05) is 6.20 Å². The molecular formula is C20H16ClN9O. The Bertz CT molecular complexity index is 1400. The third-order valence-electron chi connectivity index (χ3n) is 4.56. The van der Waals surface area contributed by atoms with E-state index in [-0.39, 0.29) is 28.8 Å². The number of hydrogen-bond donors (Lipinski definition) is 3. The van der Waals surface area contributed by atoms with Crippen LogP contribution in [0.3, 0.4) is 0 Å². The van der Waals surface area contributed by atoms with E-state index < -0.39 is 6.04 Å². The molecule has 0 aliphatic carbocycles. The Morgan fingerprint density at radius 2 is 2.00 bits per heavy atom. The van der Waals surface area contributed by atoms with Gasteiger partial charge in [0.05, 0.1) is 40.4 Å². The minimum atomic E-state index is -0.578. The third kappa shape index (κ3) is 3.58. The zero-order valence-electron chi connectivity index (χ0n) is 16.2. The van der Waals surface area contributed by atoms with Crippen molar-refractivity contribution in [1.29, 1.82) is 0 Å². The van der Waals surface area contributed by atoms with Gasteiger partial charge in [-0.1, -0.05) is 17.7 Å². The van der Waals surface area contributed by atoms with Crippen molar-refractivity contribution in [3.05, 3.63) is 75.3 Å². The van der Waals surface area contributed by atoms with Crippen LogP contribution < -0.4 is 22.3 Å². The largest absolute Gasteiger partial charge is 0.392 e. The van der Waals surface area contributed by atoms with Crippen molar-refractivity contribution in [2.45, 2.75) is 13.0 Å². The topological polar surface area (TPSA) is 142 Å². The van der Waals surface area contributed by atoms with E-state index >= 15 is 0 Å². The first-order valence-electron chi connectivity index (χ1n) is 9.09. The van der Waals surface area contributed by atoms with Gasteiger partial charge in [-0.05, 0) is 31.2 Å². The maximum absolute atomic E-state index is 13.4. The van der Waals surface area contributed by atoms with Crippen molar-refractivity contribution in [3.63, 3.8) is 0 Å². The highest BCUT2D eigenvalue weighted by Gasteiger charge is 2.21. The molecule has 0 bridgehead atoms. The molecule has 3 heterocycles. The van der Waals surface area contributed by atoms with Gasteiger partial charge in [-0.3, -0.25) is 14.3 Å². The molecule has 0 radical (unpaired) electrons. The highest BCUT2D eigenvalue weighted by Crippen LogP contribution is 2.32. The molecule has 4 rings (SSSR count). The number of benzene rings is 1. The summed E-state index contributed by atoms with van der Waals surface area (Å²) in [6.07, 6.45) is 3.15. The first-order chi connectivity index (χ1) is 14.9. The van der Waals surface area contributed by atoms with Crippen LogP contribution in [0.1, 0.15) is 18.8 Å². The van der Waals surface area contributed by atoms with Gasteiger partial charge in [-0.15, -0.1) is 0 Å². The molecule has 11 heteroatoms. The fourth-order valence-electron chi connectivity index (χ4n) is 3.20. The number of nitrogens with one attached hydrogen (secondary N) is 1. The Kier molecular flexibility index (Phi) is 5.10. The molecule has 0 aliphatic rings. The number of hydrogen-bond acceptors (Lipinski definition) is 8. The van der Waals surface area contributed by atoms with E-state index in [1.807, 2.05) is 0 Å². The summed E-state index contributed by atoms with van der Waals surface area (Å²) in [5.74, 6) is 0.382. The standard InChI is InChI=1S/C20H16ClN9O/c1-10(26-17-15(24-2)16(22)28-20(23)29-17)18-27-13-7-3-6-12(21)14(13)19(31)30(18)11-5-4-8-25-9-11/h3-10H,1H3,(H5,22,23,26,28,29)/t10-/m0/s1. The lowest BCUT2D eigenvalue weighted by Crippen LogP contribution is -2.27. The van der Waals surface area contributed by atoms with Crippen LogP contribution in [0, 0.1) is 6.57 Å². The van der Waals surface area contributed by atoms with Crippen LogP contribution in [0.2, 0.25) is 5.02 Å². The highest BCUT2D eigenvalue weighted by atomic mass is 35.5. The van der Waals surface area contributed by atoms with Crippen molar-refractivity contribution in [3.8, 4) is 5.69 Å².